The lowest BCUT2D eigenvalue weighted by atomic mass is 9.88. The van der Waals surface area contributed by atoms with Gasteiger partial charge in [0.25, 0.3) is 5.91 Å². The number of aromatic nitrogens is 2. The molecule has 1 aromatic heterocycles. The van der Waals surface area contributed by atoms with Crippen LogP contribution in [0.5, 0.6) is 0 Å². The third-order valence-corrected chi connectivity index (χ3v) is 5.32. The summed E-state index contributed by atoms with van der Waals surface area (Å²) in [7, 11) is 1.66. The van der Waals surface area contributed by atoms with Gasteiger partial charge in [-0.25, -0.2) is 9.78 Å². The van der Waals surface area contributed by atoms with Crippen molar-refractivity contribution in [1.29, 1.82) is 0 Å². The number of likely N-dealkylation sites (N-methyl/N-ethyl adjacent to an activating group) is 1. The molecule has 1 aromatic rings. The first-order chi connectivity index (χ1) is 14.0. The Morgan fingerprint density at radius 2 is 1.97 bits per heavy atom. The van der Waals surface area contributed by atoms with E-state index in [1.807, 2.05) is 12.4 Å². The predicted octanol–water partition coefficient (Wildman–Crippen LogP) is 2.00. The quantitative estimate of drug-likeness (QED) is 0.753. The second-order valence-electron chi connectivity index (χ2n) is 7.95. The van der Waals surface area contributed by atoms with Crippen LogP contribution in [0.15, 0.2) is 12.4 Å². The number of nitrogens with zero attached hydrogens (tertiary/aromatic N) is 3. The molecular formula is C19H29F3N4O4. The van der Waals surface area contributed by atoms with Crippen LogP contribution in [0.2, 0.25) is 0 Å². The van der Waals surface area contributed by atoms with Gasteiger partial charge in [-0.3, -0.25) is 4.79 Å². The zero-order valence-electron chi connectivity index (χ0n) is 17.4. The van der Waals surface area contributed by atoms with Crippen molar-refractivity contribution in [2.24, 2.45) is 5.92 Å². The van der Waals surface area contributed by atoms with Crippen molar-refractivity contribution < 1.29 is 32.6 Å². The number of carboxylic acids is 1. The first-order valence-corrected chi connectivity index (χ1v) is 9.92. The summed E-state index contributed by atoms with van der Waals surface area (Å²) in [5.41, 5.74) is -0.409. The Labute approximate surface area is 173 Å². The number of halogens is 3. The van der Waals surface area contributed by atoms with Gasteiger partial charge in [0.1, 0.15) is 11.4 Å². The lowest BCUT2D eigenvalue weighted by molar-refractivity contribution is -0.192. The molecule has 0 radical (unpaired) electrons. The molecule has 170 valence electrons. The topological polar surface area (TPSA) is 96.7 Å². The van der Waals surface area contributed by atoms with Crippen LogP contribution in [-0.4, -0.2) is 70.4 Å². The number of likely N-dealkylation sites (tertiary alicyclic amines) is 1. The van der Waals surface area contributed by atoms with Gasteiger partial charge < -0.3 is 24.6 Å². The number of ether oxygens (including phenoxy) is 1. The van der Waals surface area contributed by atoms with E-state index in [1.54, 1.807) is 7.05 Å². The van der Waals surface area contributed by atoms with Crippen LogP contribution < -0.4 is 5.32 Å². The van der Waals surface area contributed by atoms with Crippen LogP contribution in [0, 0.1) is 5.92 Å². The number of alkyl halides is 3. The first kappa shape index (κ1) is 24.1. The molecule has 2 aliphatic rings. The zero-order chi connectivity index (χ0) is 22.5. The number of nitrogens with one attached hydrogen (secondary N) is 1. The Hall–Kier alpha value is -2.14. The molecule has 2 aliphatic heterocycles. The number of hydrogen-bond acceptors (Lipinski definition) is 5. The number of rotatable bonds is 4. The maximum atomic E-state index is 12.1. The van der Waals surface area contributed by atoms with Crippen LogP contribution >= 0.6 is 0 Å². The van der Waals surface area contributed by atoms with E-state index in [9.17, 15) is 18.0 Å². The maximum Gasteiger partial charge on any atom is 0.490 e. The minimum absolute atomic E-state index is 0.0500. The smallest absolute Gasteiger partial charge is 0.475 e. The van der Waals surface area contributed by atoms with E-state index in [0.29, 0.717) is 6.54 Å². The number of amides is 1. The van der Waals surface area contributed by atoms with Gasteiger partial charge in [0.05, 0.1) is 6.54 Å². The number of hydrogen-bond donors (Lipinski definition) is 2. The van der Waals surface area contributed by atoms with Gasteiger partial charge in [0.15, 0.2) is 6.10 Å². The van der Waals surface area contributed by atoms with Gasteiger partial charge in [0, 0.05) is 32.5 Å². The number of carbonyl (C=O) groups excluding carboxylic acids is 1. The number of imidazole rings is 1. The molecule has 11 heteroatoms. The van der Waals surface area contributed by atoms with Gasteiger partial charge in [-0.15, -0.1) is 0 Å². The lowest BCUT2D eigenvalue weighted by Gasteiger charge is -2.45. The second-order valence-corrected chi connectivity index (χ2v) is 7.95. The van der Waals surface area contributed by atoms with Crippen LogP contribution in [0.1, 0.15) is 38.9 Å². The fourth-order valence-corrected chi connectivity index (χ4v) is 3.61. The fourth-order valence-electron chi connectivity index (χ4n) is 3.61. The molecule has 2 N–H and O–H groups in total. The fraction of sp³-hybridized carbons (Fsp3) is 0.737. The molecule has 1 fully saturated rings. The van der Waals surface area contributed by atoms with E-state index in [1.165, 1.54) is 6.42 Å². The van der Waals surface area contributed by atoms with Crippen molar-refractivity contribution in [2.45, 2.75) is 57.5 Å². The van der Waals surface area contributed by atoms with Crippen LogP contribution in [0.3, 0.4) is 0 Å². The Balaban J connectivity index is 0.000000396. The molecule has 0 aromatic carbocycles. The van der Waals surface area contributed by atoms with Gasteiger partial charge in [0.2, 0.25) is 0 Å². The van der Waals surface area contributed by atoms with E-state index in [0.717, 1.165) is 44.2 Å². The number of carboxylic acid groups (broad SMARTS) is 1. The average Bonchev–Trinajstić information content (AvgIpc) is 3.16. The predicted molar refractivity (Wildman–Crippen MR) is 102 cm³/mol. The summed E-state index contributed by atoms with van der Waals surface area (Å²) in [6, 6.07) is 0. The van der Waals surface area contributed by atoms with Crippen molar-refractivity contribution >= 4 is 11.9 Å². The Morgan fingerprint density at radius 1 is 1.37 bits per heavy atom. The monoisotopic (exact) mass is 434 g/mol. The molecule has 1 amide bonds. The molecule has 1 saturated heterocycles. The van der Waals surface area contributed by atoms with E-state index in [2.05, 4.69) is 33.6 Å². The highest BCUT2D eigenvalue weighted by atomic mass is 19.4. The van der Waals surface area contributed by atoms with Crippen molar-refractivity contribution in [2.75, 3.05) is 26.7 Å². The van der Waals surface area contributed by atoms with Crippen molar-refractivity contribution in [3.63, 3.8) is 0 Å². The molecular weight excluding hydrogens is 405 g/mol. The Morgan fingerprint density at radius 3 is 2.47 bits per heavy atom. The molecule has 30 heavy (non-hydrogen) atoms. The van der Waals surface area contributed by atoms with E-state index in [-0.39, 0.29) is 5.91 Å². The van der Waals surface area contributed by atoms with Crippen molar-refractivity contribution in [3.05, 3.63) is 18.2 Å². The SMILES string of the molecule is CNC(=O)C1Cn2ccnc2C2(CCN(CCC(C)C)CC2)O1.O=C(O)C(F)(F)F. The summed E-state index contributed by atoms with van der Waals surface area (Å²) in [5, 5.41) is 9.84. The molecule has 3 heterocycles. The highest BCUT2D eigenvalue weighted by Crippen LogP contribution is 2.40. The van der Waals surface area contributed by atoms with Gasteiger partial charge in [-0.1, -0.05) is 13.8 Å². The summed E-state index contributed by atoms with van der Waals surface area (Å²) >= 11 is 0. The second kappa shape index (κ2) is 9.78. The minimum atomic E-state index is -5.08. The van der Waals surface area contributed by atoms with Gasteiger partial charge >= 0.3 is 12.1 Å². The minimum Gasteiger partial charge on any atom is -0.475 e. The van der Waals surface area contributed by atoms with Crippen LogP contribution in [0.4, 0.5) is 13.2 Å². The maximum absolute atomic E-state index is 12.1. The average molecular weight is 434 g/mol. The molecule has 1 atom stereocenters. The number of fused-ring (bicyclic) bond motifs is 2. The third-order valence-electron chi connectivity index (χ3n) is 5.32. The Kier molecular flexibility index (Phi) is 7.87. The van der Waals surface area contributed by atoms with Gasteiger partial charge in [-0.05, 0) is 31.7 Å². The molecule has 0 saturated carbocycles. The summed E-state index contributed by atoms with van der Waals surface area (Å²) in [6.07, 6.45) is 1.29. The summed E-state index contributed by atoms with van der Waals surface area (Å²) in [6.45, 7) is 8.22. The normalized spacial score (nSPS) is 21.0. The molecule has 0 aliphatic carbocycles. The van der Waals surface area contributed by atoms with Crippen molar-refractivity contribution in [1.82, 2.24) is 19.8 Å². The molecule has 0 bridgehead atoms. The molecule has 1 spiro atoms. The molecule has 1 unspecified atom stereocenters. The van der Waals surface area contributed by atoms with E-state index in [4.69, 9.17) is 14.6 Å². The van der Waals surface area contributed by atoms with E-state index < -0.39 is 23.9 Å². The number of piperidine rings is 1. The van der Waals surface area contributed by atoms with E-state index >= 15 is 0 Å². The highest BCUT2D eigenvalue weighted by molar-refractivity contribution is 5.80. The summed E-state index contributed by atoms with van der Waals surface area (Å²) in [5.74, 6) is -1.09. The summed E-state index contributed by atoms with van der Waals surface area (Å²) in [4.78, 5) is 28.0. The third kappa shape index (κ3) is 5.94. The highest BCUT2D eigenvalue weighted by Gasteiger charge is 2.46. The summed E-state index contributed by atoms with van der Waals surface area (Å²) < 4.78 is 40.1. The largest absolute Gasteiger partial charge is 0.490 e. The molecule has 8 nitrogen and oxygen atoms in total. The number of carbonyl (C=O) groups is 2. The molecule has 3 rings (SSSR count). The van der Waals surface area contributed by atoms with Crippen LogP contribution in [-0.2, 0) is 26.5 Å². The first-order valence-electron chi connectivity index (χ1n) is 9.92. The van der Waals surface area contributed by atoms with Crippen molar-refractivity contribution in [3.8, 4) is 0 Å². The Bertz CT molecular complexity index is 728. The van der Waals surface area contributed by atoms with Gasteiger partial charge in [-0.2, -0.15) is 13.2 Å². The standard InChI is InChI=1S/C17H28N4O2.C2HF3O2/c1-13(2)4-8-20-9-5-17(6-10-20)16-19-7-11-21(16)12-14(23-17)15(22)18-3;3-2(4,5)1(6)7/h7,11,13-14H,4-6,8-10,12H2,1-3H3,(H,18,22);(H,6,7). The zero-order valence-corrected chi connectivity index (χ0v) is 17.4. The van der Waals surface area contributed by atoms with Crippen LogP contribution in [0.25, 0.3) is 0 Å². The lowest BCUT2D eigenvalue weighted by Crippen LogP contribution is -2.53. The number of aliphatic carboxylic acids is 1.